The number of hydrogen-bond donors (Lipinski definition) is 1. The van der Waals surface area contributed by atoms with Gasteiger partial charge in [0.15, 0.2) is 0 Å². The topological polar surface area (TPSA) is 79.5 Å². The fraction of sp³-hybridized carbons (Fsp3) is 0.476. The molecule has 0 saturated carbocycles. The van der Waals surface area contributed by atoms with Crippen LogP contribution in [-0.4, -0.2) is 46.2 Å². The van der Waals surface area contributed by atoms with E-state index in [1.165, 1.54) is 0 Å². The molecule has 2 aromatic rings. The maximum Gasteiger partial charge on any atom is 0.226 e. The van der Waals surface area contributed by atoms with Crippen molar-refractivity contribution in [3.05, 3.63) is 52.0 Å². The molecule has 0 bridgehead atoms. The Balaban J connectivity index is 1.56. The number of rotatable bonds is 8. The number of benzene rings is 1. The summed E-state index contributed by atoms with van der Waals surface area (Å²) in [7, 11) is 0. The van der Waals surface area contributed by atoms with E-state index in [4.69, 9.17) is 5.73 Å². The van der Waals surface area contributed by atoms with Crippen molar-refractivity contribution in [1.82, 2.24) is 14.8 Å². The Kier molecular flexibility index (Phi) is 7.17. The molecular formula is C21H28N4O2S. The first-order valence-corrected chi connectivity index (χ1v) is 10.6. The van der Waals surface area contributed by atoms with Crippen LogP contribution in [0.25, 0.3) is 0 Å². The van der Waals surface area contributed by atoms with E-state index in [1.54, 1.807) is 16.2 Å². The molecule has 7 heteroatoms. The van der Waals surface area contributed by atoms with Gasteiger partial charge >= 0.3 is 0 Å². The Morgan fingerprint density at radius 2 is 1.96 bits per heavy atom. The van der Waals surface area contributed by atoms with Crippen molar-refractivity contribution in [3.63, 3.8) is 0 Å². The molecule has 2 N–H and O–H groups in total. The third kappa shape index (κ3) is 5.87. The Labute approximate surface area is 170 Å². The maximum absolute atomic E-state index is 13.1. The van der Waals surface area contributed by atoms with Crippen molar-refractivity contribution in [3.8, 4) is 0 Å². The number of likely N-dealkylation sites (tertiary alicyclic amines) is 1. The largest absolute Gasteiger partial charge is 0.370 e. The lowest BCUT2D eigenvalue weighted by Gasteiger charge is -2.34. The summed E-state index contributed by atoms with van der Waals surface area (Å²) in [6, 6.07) is 9.89. The molecule has 1 saturated heterocycles. The lowest BCUT2D eigenvalue weighted by Crippen LogP contribution is -2.43. The molecule has 1 fully saturated rings. The number of carbonyl (C=O) groups is 2. The molecule has 28 heavy (non-hydrogen) atoms. The van der Waals surface area contributed by atoms with Gasteiger partial charge in [0.1, 0.15) is 0 Å². The number of primary amides is 1. The SMILES string of the molecule is Cc1nc(CN2CCC(C(=O)N(CCC(N)=O)Cc3ccccc3)CC2)cs1. The van der Waals surface area contributed by atoms with E-state index in [0.717, 1.165) is 48.7 Å². The highest BCUT2D eigenvalue weighted by Gasteiger charge is 2.29. The highest BCUT2D eigenvalue weighted by molar-refractivity contribution is 7.09. The molecule has 0 spiro atoms. The van der Waals surface area contributed by atoms with Crippen LogP contribution in [-0.2, 0) is 22.7 Å². The monoisotopic (exact) mass is 400 g/mol. The number of carbonyl (C=O) groups excluding carboxylic acids is 2. The summed E-state index contributed by atoms with van der Waals surface area (Å²) >= 11 is 1.67. The van der Waals surface area contributed by atoms with Crippen LogP contribution in [0.4, 0.5) is 0 Å². The molecule has 2 heterocycles. The summed E-state index contributed by atoms with van der Waals surface area (Å²) in [6.45, 7) is 5.55. The highest BCUT2D eigenvalue weighted by atomic mass is 32.1. The first-order chi connectivity index (χ1) is 13.5. The van der Waals surface area contributed by atoms with E-state index < -0.39 is 0 Å². The second-order valence-electron chi connectivity index (χ2n) is 7.37. The fourth-order valence-electron chi connectivity index (χ4n) is 3.62. The third-order valence-electron chi connectivity index (χ3n) is 5.15. The zero-order valence-corrected chi connectivity index (χ0v) is 17.2. The van der Waals surface area contributed by atoms with Crippen LogP contribution in [0.1, 0.15) is 35.5 Å². The predicted molar refractivity (Wildman–Crippen MR) is 111 cm³/mol. The van der Waals surface area contributed by atoms with Crippen molar-refractivity contribution in [2.45, 2.75) is 39.3 Å². The molecule has 1 aromatic carbocycles. The predicted octanol–water partition coefficient (Wildman–Crippen LogP) is 2.57. The average molecular weight is 401 g/mol. The Morgan fingerprint density at radius 3 is 2.57 bits per heavy atom. The minimum atomic E-state index is -0.376. The van der Waals surface area contributed by atoms with E-state index in [-0.39, 0.29) is 24.2 Å². The van der Waals surface area contributed by atoms with Gasteiger partial charge < -0.3 is 10.6 Å². The number of amides is 2. The van der Waals surface area contributed by atoms with Gasteiger partial charge in [0.05, 0.1) is 10.7 Å². The quantitative estimate of drug-likeness (QED) is 0.739. The van der Waals surface area contributed by atoms with Gasteiger partial charge in [-0.25, -0.2) is 4.98 Å². The Morgan fingerprint density at radius 1 is 1.25 bits per heavy atom. The molecule has 3 rings (SSSR count). The summed E-state index contributed by atoms with van der Waals surface area (Å²) in [4.78, 5) is 33.1. The van der Waals surface area contributed by atoms with Crippen LogP contribution >= 0.6 is 11.3 Å². The molecule has 150 valence electrons. The summed E-state index contributed by atoms with van der Waals surface area (Å²) in [5.74, 6) is -0.237. The Bertz CT molecular complexity index is 785. The third-order valence-corrected chi connectivity index (χ3v) is 5.97. The number of aromatic nitrogens is 1. The molecule has 0 atom stereocenters. The summed E-state index contributed by atoms with van der Waals surface area (Å²) in [5, 5.41) is 3.20. The van der Waals surface area contributed by atoms with Crippen molar-refractivity contribution >= 4 is 23.2 Å². The van der Waals surface area contributed by atoms with E-state index in [9.17, 15) is 9.59 Å². The first-order valence-electron chi connectivity index (χ1n) is 9.75. The second-order valence-corrected chi connectivity index (χ2v) is 8.43. The normalized spacial score (nSPS) is 15.5. The lowest BCUT2D eigenvalue weighted by molar-refractivity contribution is -0.138. The number of aryl methyl sites for hydroxylation is 1. The summed E-state index contributed by atoms with van der Waals surface area (Å²) in [5.41, 5.74) is 7.49. The van der Waals surface area contributed by atoms with Crippen molar-refractivity contribution in [2.24, 2.45) is 11.7 Å². The van der Waals surface area contributed by atoms with Crippen LogP contribution in [0.5, 0.6) is 0 Å². The number of nitrogens with two attached hydrogens (primary N) is 1. The van der Waals surface area contributed by atoms with Gasteiger partial charge in [0.25, 0.3) is 0 Å². The minimum Gasteiger partial charge on any atom is -0.370 e. The van der Waals surface area contributed by atoms with Gasteiger partial charge in [-0.15, -0.1) is 11.3 Å². The zero-order chi connectivity index (χ0) is 19.9. The molecule has 1 aromatic heterocycles. The van der Waals surface area contributed by atoms with Gasteiger partial charge in [-0.3, -0.25) is 14.5 Å². The van der Waals surface area contributed by atoms with Gasteiger partial charge in [0.2, 0.25) is 11.8 Å². The van der Waals surface area contributed by atoms with Crippen LogP contribution < -0.4 is 5.73 Å². The molecule has 1 aliphatic rings. The molecule has 0 radical (unpaired) electrons. The van der Waals surface area contributed by atoms with Gasteiger partial charge in [-0.2, -0.15) is 0 Å². The number of thiazole rings is 1. The smallest absolute Gasteiger partial charge is 0.226 e. The van der Waals surface area contributed by atoms with Gasteiger partial charge in [-0.1, -0.05) is 30.3 Å². The summed E-state index contributed by atoms with van der Waals surface area (Å²) in [6.07, 6.45) is 1.87. The van der Waals surface area contributed by atoms with Crippen molar-refractivity contribution in [2.75, 3.05) is 19.6 Å². The molecular weight excluding hydrogens is 372 g/mol. The fourth-order valence-corrected chi connectivity index (χ4v) is 4.23. The van der Waals surface area contributed by atoms with Crippen molar-refractivity contribution < 1.29 is 9.59 Å². The highest BCUT2D eigenvalue weighted by Crippen LogP contribution is 2.23. The van der Waals surface area contributed by atoms with Crippen LogP contribution in [0, 0.1) is 12.8 Å². The number of nitrogens with zero attached hydrogens (tertiary/aromatic N) is 3. The number of hydrogen-bond acceptors (Lipinski definition) is 5. The van der Waals surface area contributed by atoms with E-state index in [2.05, 4.69) is 15.3 Å². The average Bonchev–Trinajstić information content (AvgIpc) is 3.10. The van der Waals surface area contributed by atoms with Gasteiger partial charge in [0, 0.05) is 37.4 Å². The lowest BCUT2D eigenvalue weighted by atomic mass is 9.94. The van der Waals surface area contributed by atoms with E-state index in [1.807, 2.05) is 37.3 Å². The number of piperidine rings is 1. The van der Waals surface area contributed by atoms with E-state index >= 15 is 0 Å². The summed E-state index contributed by atoms with van der Waals surface area (Å²) < 4.78 is 0. The minimum absolute atomic E-state index is 0.00464. The van der Waals surface area contributed by atoms with E-state index in [0.29, 0.717) is 13.1 Å². The zero-order valence-electron chi connectivity index (χ0n) is 16.3. The van der Waals surface area contributed by atoms with Crippen LogP contribution in [0.2, 0.25) is 0 Å². The van der Waals surface area contributed by atoms with Crippen LogP contribution in [0.3, 0.4) is 0 Å². The molecule has 0 aliphatic carbocycles. The standard InChI is InChI=1S/C21H28N4O2S/c1-16-23-19(15-28-16)14-24-10-7-18(8-11-24)21(27)25(12-9-20(22)26)13-17-5-3-2-4-6-17/h2-6,15,18H,7-14H2,1H3,(H2,22,26). The molecule has 0 unspecified atom stereocenters. The maximum atomic E-state index is 13.1. The Hall–Kier alpha value is -2.25. The second kappa shape index (κ2) is 9.80. The molecule has 1 aliphatic heterocycles. The van der Waals surface area contributed by atoms with Crippen molar-refractivity contribution in [1.29, 1.82) is 0 Å². The van der Waals surface area contributed by atoms with Crippen LogP contribution in [0.15, 0.2) is 35.7 Å². The molecule has 2 amide bonds. The first kappa shape index (κ1) is 20.5. The van der Waals surface area contributed by atoms with Gasteiger partial charge in [-0.05, 0) is 38.4 Å². The molecule has 6 nitrogen and oxygen atoms in total.